The third-order valence-electron chi connectivity index (χ3n) is 1.87. The Morgan fingerprint density at radius 3 is 2.62 bits per heavy atom. The third-order valence-corrected chi connectivity index (χ3v) is 1.87. The highest BCUT2D eigenvalue weighted by atomic mass is 16.5. The number of nitrogens with zero attached hydrogens (tertiary/aromatic N) is 1. The number of morpholine rings is 1. The molecule has 0 aromatic heterocycles. The van der Waals surface area contributed by atoms with Crippen LogP contribution in [0.25, 0.3) is 0 Å². The van der Waals surface area contributed by atoms with Gasteiger partial charge in [-0.3, -0.25) is 9.69 Å². The van der Waals surface area contributed by atoms with E-state index in [4.69, 9.17) is 4.74 Å². The Bertz CT molecular complexity index is 150. The van der Waals surface area contributed by atoms with E-state index in [9.17, 15) is 4.79 Å². The van der Waals surface area contributed by atoms with Crippen LogP contribution in [0, 0.1) is 0 Å². The Labute approximate surface area is 79.8 Å². The number of rotatable bonds is 1. The highest BCUT2D eigenvalue weighted by Gasteiger charge is 2.26. The van der Waals surface area contributed by atoms with E-state index in [2.05, 4.69) is 4.74 Å². The maximum atomic E-state index is 11.0. The monoisotopic (exact) mass is 189 g/mol. The van der Waals surface area contributed by atoms with E-state index in [0.29, 0.717) is 13.2 Å². The van der Waals surface area contributed by atoms with Crippen molar-refractivity contribution in [1.29, 1.82) is 0 Å². The summed E-state index contributed by atoms with van der Waals surface area (Å²) in [4.78, 5) is 13.0. The van der Waals surface area contributed by atoms with Crippen molar-refractivity contribution in [3.8, 4) is 0 Å². The van der Waals surface area contributed by atoms with E-state index in [1.54, 1.807) is 0 Å². The molecule has 4 nitrogen and oxygen atoms in total. The summed E-state index contributed by atoms with van der Waals surface area (Å²) in [6.45, 7) is 5.94. The summed E-state index contributed by atoms with van der Waals surface area (Å²) in [5, 5.41) is 0. The smallest absolute Gasteiger partial charge is 0.325 e. The fourth-order valence-electron chi connectivity index (χ4n) is 1.07. The van der Waals surface area contributed by atoms with Crippen LogP contribution in [0.2, 0.25) is 0 Å². The van der Waals surface area contributed by atoms with E-state index < -0.39 is 0 Å². The van der Waals surface area contributed by atoms with Crippen LogP contribution in [-0.4, -0.2) is 50.8 Å². The van der Waals surface area contributed by atoms with Crippen LogP contribution in [-0.2, 0) is 14.3 Å². The molecule has 1 aliphatic heterocycles. The molecule has 1 fully saturated rings. The summed E-state index contributed by atoms with van der Waals surface area (Å²) < 4.78 is 9.73. The SMILES string of the molecule is CC.COC(=O)[C@H]1COCCN1C. The van der Waals surface area contributed by atoms with Gasteiger partial charge in [-0.25, -0.2) is 0 Å². The number of hydrogen-bond donors (Lipinski definition) is 0. The topological polar surface area (TPSA) is 38.8 Å². The summed E-state index contributed by atoms with van der Waals surface area (Å²) in [6, 6.07) is -0.214. The predicted octanol–water partition coefficient (Wildman–Crippen LogP) is 0.516. The largest absolute Gasteiger partial charge is 0.468 e. The van der Waals surface area contributed by atoms with Crippen molar-refractivity contribution >= 4 is 5.97 Å². The number of ether oxygens (including phenoxy) is 2. The lowest BCUT2D eigenvalue weighted by atomic mass is 10.2. The Hall–Kier alpha value is -0.610. The first-order chi connectivity index (χ1) is 6.25. The number of likely N-dealkylation sites (N-methyl/N-ethyl adjacent to an activating group) is 1. The Balaban J connectivity index is 0.000000671. The molecule has 0 N–H and O–H groups in total. The van der Waals surface area contributed by atoms with Gasteiger partial charge in [0.05, 0.1) is 20.3 Å². The van der Waals surface area contributed by atoms with Crippen LogP contribution in [0.1, 0.15) is 13.8 Å². The van der Waals surface area contributed by atoms with Gasteiger partial charge < -0.3 is 9.47 Å². The molecular formula is C9H19NO3. The molecule has 0 aromatic rings. The summed E-state index contributed by atoms with van der Waals surface area (Å²) in [6.07, 6.45) is 0. The molecule has 0 amide bonds. The van der Waals surface area contributed by atoms with Gasteiger partial charge in [0.25, 0.3) is 0 Å². The van der Waals surface area contributed by atoms with E-state index in [0.717, 1.165) is 6.54 Å². The number of carbonyl (C=O) groups excluding carboxylic acids is 1. The van der Waals surface area contributed by atoms with Gasteiger partial charge in [-0.2, -0.15) is 0 Å². The summed E-state index contributed by atoms with van der Waals surface area (Å²) in [5.41, 5.74) is 0. The lowest BCUT2D eigenvalue weighted by Crippen LogP contribution is -2.48. The first kappa shape index (κ1) is 12.4. The number of esters is 1. The average Bonchev–Trinajstić information content (AvgIpc) is 2.20. The molecule has 1 rings (SSSR count). The maximum Gasteiger partial charge on any atom is 0.325 e. The minimum Gasteiger partial charge on any atom is -0.468 e. The first-order valence-electron chi connectivity index (χ1n) is 4.61. The number of carbonyl (C=O) groups is 1. The van der Waals surface area contributed by atoms with Gasteiger partial charge in [0, 0.05) is 6.54 Å². The van der Waals surface area contributed by atoms with Crippen molar-refractivity contribution in [3.05, 3.63) is 0 Å². The summed E-state index contributed by atoms with van der Waals surface area (Å²) >= 11 is 0. The van der Waals surface area contributed by atoms with Gasteiger partial charge in [0.2, 0.25) is 0 Å². The lowest BCUT2D eigenvalue weighted by Gasteiger charge is -2.29. The maximum absolute atomic E-state index is 11.0. The second-order valence-corrected chi connectivity index (χ2v) is 2.59. The van der Waals surface area contributed by atoms with E-state index >= 15 is 0 Å². The molecule has 0 aromatic carbocycles. The molecule has 13 heavy (non-hydrogen) atoms. The lowest BCUT2D eigenvalue weighted by molar-refractivity contribution is -0.152. The molecule has 0 bridgehead atoms. The minimum atomic E-state index is -0.216. The van der Waals surface area contributed by atoms with Crippen LogP contribution in [0.5, 0.6) is 0 Å². The molecule has 1 atom stereocenters. The fourth-order valence-corrected chi connectivity index (χ4v) is 1.07. The fraction of sp³-hybridized carbons (Fsp3) is 0.889. The number of methoxy groups -OCH3 is 1. The van der Waals surface area contributed by atoms with Crippen molar-refractivity contribution < 1.29 is 14.3 Å². The highest BCUT2D eigenvalue weighted by molar-refractivity contribution is 5.75. The van der Waals surface area contributed by atoms with Crippen LogP contribution < -0.4 is 0 Å². The highest BCUT2D eigenvalue weighted by Crippen LogP contribution is 2.04. The quantitative estimate of drug-likeness (QED) is 0.564. The normalized spacial score (nSPS) is 22.9. The van der Waals surface area contributed by atoms with Crippen molar-refractivity contribution in [3.63, 3.8) is 0 Å². The van der Waals surface area contributed by atoms with Crippen LogP contribution >= 0.6 is 0 Å². The van der Waals surface area contributed by atoms with Gasteiger partial charge in [-0.15, -0.1) is 0 Å². The minimum absolute atomic E-state index is 0.214. The molecule has 1 saturated heterocycles. The van der Waals surface area contributed by atoms with Gasteiger partial charge in [0.15, 0.2) is 0 Å². The van der Waals surface area contributed by atoms with Crippen molar-refractivity contribution in [2.45, 2.75) is 19.9 Å². The zero-order valence-corrected chi connectivity index (χ0v) is 8.87. The van der Waals surface area contributed by atoms with Crippen molar-refractivity contribution in [2.75, 3.05) is 33.9 Å². The standard InChI is InChI=1S/C7H13NO3.C2H6/c1-8-3-4-11-5-6(8)7(9)10-2;1-2/h6H,3-5H2,1-2H3;1-2H3/t6-;/m1./s1. The molecule has 1 heterocycles. The Morgan fingerprint density at radius 2 is 2.15 bits per heavy atom. The van der Waals surface area contributed by atoms with Crippen molar-refractivity contribution in [1.82, 2.24) is 4.90 Å². The summed E-state index contributed by atoms with van der Waals surface area (Å²) in [7, 11) is 3.29. The average molecular weight is 189 g/mol. The second kappa shape index (κ2) is 6.86. The van der Waals surface area contributed by atoms with Crippen LogP contribution in [0.15, 0.2) is 0 Å². The van der Waals surface area contributed by atoms with Gasteiger partial charge in [-0.1, -0.05) is 13.8 Å². The summed E-state index contributed by atoms with van der Waals surface area (Å²) in [5.74, 6) is -0.216. The zero-order chi connectivity index (χ0) is 10.3. The van der Waals surface area contributed by atoms with Gasteiger partial charge in [-0.05, 0) is 7.05 Å². The zero-order valence-electron chi connectivity index (χ0n) is 8.87. The molecule has 0 aliphatic carbocycles. The Morgan fingerprint density at radius 1 is 1.54 bits per heavy atom. The molecular weight excluding hydrogens is 170 g/mol. The molecule has 4 heteroatoms. The Kier molecular flexibility index (Phi) is 6.54. The molecule has 0 spiro atoms. The molecule has 0 unspecified atom stereocenters. The van der Waals surface area contributed by atoms with E-state index in [-0.39, 0.29) is 12.0 Å². The van der Waals surface area contributed by atoms with E-state index in [1.807, 2.05) is 25.8 Å². The second-order valence-electron chi connectivity index (χ2n) is 2.59. The van der Waals surface area contributed by atoms with Crippen molar-refractivity contribution in [2.24, 2.45) is 0 Å². The van der Waals surface area contributed by atoms with Gasteiger partial charge in [0.1, 0.15) is 6.04 Å². The van der Waals surface area contributed by atoms with Crippen LogP contribution in [0.3, 0.4) is 0 Å². The number of hydrogen-bond acceptors (Lipinski definition) is 4. The van der Waals surface area contributed by atoms with Gasteiger partial charge >= 0.3 is 5.97 Å². The van der Waals surface area contributed by atoms with E-state index in [1.165, 1.54) is 7.11 Å². The molecule has 0 saturated carbocycles. The van der Waals surface area contributed by atoms with Crippen LogP contribution in [0.4, 0.5) is 0 Å². The molecule has 0 radical (unpaired) electrons. The predicted molar refractivity (Wildman–Crippen MR) is 50.6 cm³/mol. The first-order valence-corrected chi connectivity index (χ1v) is 4.61. The third kappa shape index (κ3) is 3.74. The molecule has 1 aliphatic rings. The molecule has 78 valence electrons.